The Morgan fingerprint density at radius 3 is 2.03 bits per heavy atom. The lowest BCUT2D eigenvalue weighted by atomic mass is 10.2. The van der Waals surface area contributed by atoms with Crippen LogP contribution < -0.4 is 5.73 Å². The first-order valence-electron chi connectivity index (χ1n) is 9.79. The van der Waals surface area contributed by atoms with Crippen LogP contribution >= 0.6 is 15.2 Å². The molecule has 32 heavy (non-hydrogen) atoms. The predicted octanol–water partition coefficient (Wildman–Crippen LogP) is -3.10. The van der Waals surface area contributed by atoms with Crippen LogP contribution in [0.15, 0.2) is 15.0 Å². The third kappa shape index (κ3) is 9.14. The molecule has 2 heterocycles. The van der Waals surface area contributed by atoms with E-state index in [1.54, 1.807) is 14.7 Å². The van der Waals surface area contributed by atoms with E-state index in [4.69, 9.17) is 15.5 Å². The van der Waals surface area contributed by atoms with Crippen LogP contribution in [0.25, 0.3) is 0 Å². The number of hydrogen-bond acceptors (Lipinski definition) is 10. The van der Waals surface area contributed by atoms with E-state index in [1.807, 2.05) is 0 Å². The van der Waals surface area contributed by atoms with Crippen molar-refractivity contribution in [3.63, 3.8) is 0 Å². The average Bonchev–Trinajstić information content (AvgIpc) is 3.07. The van der Waals surface area contributed by atoms with Crippen molar-refractivity contribution in [3.05, 3.63) is 0 Å². The number of amidine groups is 1. The predicted molar refractivity (Wildman–Crippen MR) is 117 cm³/mol. The van der Waals surface area contributed by atoms with Crippen molar-refractivity contribution in [1.82, 2.24) is 14.7 Å². The molecule has 17 heteroatoms. The summed E-state index contributed by atoms with van der Waals surface area (Å²) >= 11 is 0. The van der Waals surface area contributed by atoms with Gasteiger partial charge in [-0.05, 0) is 0 Å². The number of carbonyl (C=O) groups excluding carboxylic acids is 1. The maximum atomic E-state index is 11.9. The van der Waals surface area contributed by atoms with Gasteiger partial charge in [0.05, 0.1) is 25.3 Å². The fourth-order valence-electron chi connectivity index (χ4n) is 3.11. The maximum Gasteiger partial charge on any atom is 0.326 e. The van der Waals surface area contributed by atoms with Crippen LogP contribution in [0.2, 0.25) is 0 Å². The second-order valence-electron chi connectivity index (χ2n) is 7.32. The Bertz CT molecular complexity index is 855. The first-order valence-corrected chi connectivity index (χ1v) is 13.4. The number of aliphatic imine (C=N–C) groups is 3. The summed E-state index contributed by atoms with van der Waals surface area (Å²) in [5.41, 5.74) is 5.54. The van der Waals surface area contributed by atoms with E-state index in [0.29, 0.717) is 32.0 Å². The summed E-state index contributed by atoms with van der Waals surface area (Å²) in [5.74, 6) is -0.352. The zero-order valence-electron chi connectivity index (χ0n) is 17.3. The van der Waals surface area contributed by atoms with Gasteiger partial charge in [0, 0.05) is 45.8 Å². The molecule has 0 aromatic heterocycles. The van der Waals surface area contributed by atoms with Crippen LogP contribution in [-0.2, 0) is 13.9 Å². The normalized spacial score (nSPS) is 19.0. The Morgan fingerprint density at radius 1 is 0.938 bits per heavy atom. The van der Waals surface area contributed by atoms with Gasteiger partial charge in [0.2, 0.25) is 5.96 Å². The third-order valence-corrected chi connectivity index (χ3v) is 6.37. The quantitative estimate of drug-likeness (QED) is 0.131. The van der Waals surface area contributed by atoms with Crippen LogP contribution in [-0.4, -0.2) is 134 Å². The Morgan fingerprint density at radius 2 is 1.50 bits per heavy atom. The first-order chi connectivity index (χ1) is 14.9. The highest BCUT2D eigenvalue weighted by molar-refractivity contribution is 7.52. The van der Waals surface area contributed by atoms with Gasteiger partial charge < -0.3 is 35.3 Å². The van der Waals surface area contributed by atoms with Crippen molar-refractivity contribution in [2.45, 2.75) is 6.04 Å². The van der Waals surface area contributed by atoms with Gasteiger partial charge in [0.25, 0.3) is 5.91 Å². The Labute approximate surface area is 184 Å². The van der Waals surface area contributed by atoms with Crippen molar-refractivity contribution in [2.24, 2.45) is 20.7 Å². The average molecular weight is 497 g/mol. The number of guanidine groups is 1. The Hall–Kier alpha value is -1.54. The highest BCUT2D eigenvalue weighted by Gasteiger charge is 2.35. The van der Waals surface area contributed by atoms with Crippen LogP contribution in [0, 0.1) is 0 Å². The molecule has 0 aromatic carbocycles. The van der Waals surface area contributed by atoms with Crippen molar-refractivity contribution < 1.29 is 38.6 Å². The molecule has 182 valence electrons. The fourth-order valence-corrected chi connectivity index (χ4v) is 4.19. The number of rotatable bonds is 14. The van der Waals surface area contributed by atoms with Gasteiger partial charge in [-0.1, -0.05) is 0 Å². The molecular formula is C15H29N7O8P2. The molecule has 15 nitrogen and oxygen atoms in total. The SMILES string of the molecule is NC1=NC(=O)C2N=CN(CCN(CCN(CCO)CCP(=O)(O)O)CCP(=O)(O)O)C2=N1. The van der Waals surface area contributed by atoms with Gasteiger partial charge in [0.1, 0.15) is 5.84 Å². The van der Waals surface area contributed by atoms with Crippen LogP contribution in [0.3, 0.4) is 0 Å². The van der Waals surface area contributed by atoms with E-state index >= 15 is 0 Å². The molecule has 1 amide bonds. The van der Waals surface area contributed by atoms with Crippen molar-refractivity contribution in [2.75, 3.05) is 64.7 Å². The monoisotopic (exact) mass is 497 g/mol. The summed E-state index contributed by atoms with van der Waals surface area (Å²) in [6.07, 6.45) is 0.706. The number of fused-ring (bicyclic) bond motifs is 1. The summed E-state index contributed by atoms with van der Waals surface area (Å²) in [7, 11) is -8.44. The molecule has 2 rings (SSSR count). The number of amides is 1. The molecule has 0 bridgehead atoms. The molecule has 1 unspecified atom stereocenters. The summed E-state index contributed by atoms with van der Waals surface area (Å²) in [4.78, 5) is 65.2. The minimum Gasteiger partial charge on any atom is -0.395 e. The second-order valence-corrected chi connectivity index (χ2v) is 10.9. The number of aliphatic hydroxyl groups is 1. The standard InChI is InChI=1S/C15H29N7O8P2/c16-15-18-13-12(14(24)19-15)17-11-22(13)4-3-20(6-9-31(25,26)27)1-2-21(5-8-23)7-10-32(28,29)30/h11-12,23H,1-10H2,(H2,16,19,24)(H2,25,26,27)(H2,28,29,30). The molecule has 0 spiro atoms. The van der Waals surface area contributed by atoms with Gasteiger partial charge in [-0.3, -0.25) is 28.7 Å². The zero-order valence-corrected chi connectivity index (χ0v) is 19.1. The molecule has 7 N–H and O–H groups in total. The minimum absolute atomic E-state index is 0.0646. The van der Waals surface area contributed by atoms with Gasteiger partial charge in [0.15, 0.2) is 6.04 Å². The minimum atomic E-state index is -4.24. The lowest BCUT2D eigenvalue weighted by Crippen LogP contribution is -2.45. The molecule has 0 saturated heterocycles. The van der Waals surface area contributed by atoms with Crippen molar-refractivity contribution >= 4 is 39.2 Å². The van der Waals surface area contributed by atoms with Gasteiger partial charge in [-0.15, -0.1) is 0 Å². The highest BCUT2D eigenvalue weighted by atomic mass is 31.2. The maximum absolute atomic E-state index is 11.9. The number of carbonyl (C=O) groups is 1. The summed E-state index contributed by atoms with van der Waals surface area (Å²) < 4.78 is 22.5. The van der Waals surface area contributed by atoms with E-state index in [0.717, 1.165) is 0 Å². The van der Waals surface area contributed by atoms with Crippen LogP contribution in [0.5, 0.6) is 0 Å². The van der Waals surface area contributed by atoms with Crippen LogP contribution in [0.1, 0.15) is 0 Å². The van der Waals surface area contributed by atoms with Crippen molar-refractivity contribution in [1.29, 1.82) is 0 Å². The summed E-state index contributed by atoms with van der Waals surface area (Å²) in [6, 6.07) is -0.849. The molecule has 0 fully saturated rings. The molecule has 0 aliphatic carbocycles. The van der Waals surface area contributed by atoms with Crippen LogP contribution in [0.4, 0.5) is 0 Å². The Kier molecular flexibility index (Phi) is 9.64. The molecule has 0 aromatic rings. The van der Waals surface area contributed by atoms with E-state index in [-0.39, 0.29) is 44.5 Å². The summed E-state index contributed by atoms with van der Waals surface area (Å²) in [6.45, 7) is 1.41. The van der Waals surface area contributed by atoms with E-state index < -0.39 is 27.1 Å². The first kappa shape index (κ1) is 26.7. The number of aliphatic hydroxyl groups excluding tert-OH is 1. The lowest BCUT2D eigenvalue weighted by Gasteiger charge is -2.29. The molecule has 2 aliphatic rings. The fraction of sp³-hybridized carbons (Fsp3) is 0.733. The molecule has 1 atom stereocenters. The number of nitrogens with zero attached hydrogens (tertiary/aromatic N) is 6. The summed E-state index contributed by atoms with van der Waals surface area (Å²) in [5, 5.41) is 9.21. The van der Waals surface area contributed by atoms with Gasteiger partial charge in [-0.25, -0.2) is 0 Å². The van der Waals surface area contributed by atoms with Crippen molar-refractivity contribution in [3.8, 4) is 0 Å². The van der Waals surface area contributed by atoms with Gasteiger partial charge in [-0.2, -0.15) is 9.98 Å². The largest absolute Gasteiger partial charge is 0.395 e. The molecule has 0 saturated carbocycles. The third-order valence-electron chi connectivity index (χ3n) is 4.80. The number of hydrogen-bond donors (Lipinski definition) is 6. The zero-order chi connectivity index (χ0) is 23.9. The molecule has 0 radical (unpaired) electrons. The lowest BCUT2D eigenvalue weighted by molar-refractivity contribution is -0.117. The second kappa shape index (κ2) is 11.5. The van der Waals surface area contributed by atoms with E-state index in [2.05, 4.69) is 15.0 Å². The highest BCUT2D eigenvalue weighted by Crippen LogP contribution is 2.34. The van der Waals surface area contributed by atoms with E-state index in [9.17, 15) is 28.8 Å². The Balaban J connectivity index is 1.98. The molecule has 2 aliphatic heterocycles. The smallest absolute Gasteiger partial charge is 0.326 e. The van der Waals surface area contributed by atoms with Gasteiger partial charge >= 0.3 is 15.2 Å². The van der Waals surface area contributed by atoms with E-state index in [1.165, 1.54) is 6.34 Å². The number of nitrogens with two attached hydrogens (primary N) is 1. The molecular weight excluding hydrogens is 468 g/mol. The topological polar surface area (TPSA) is 225 Å².